The van der Waals surface area contributed by atoms with Gasteiger partial charge in [0.25, 0.3) is 6.29 Å². The predicted octanol–water partition coefficient (Wildman–Crippen LogP) is 4.30. The van der Waals surface area contributed by atoms with Crippen molar-refractivity contribution in [3.8, 4) is 5.75 Å². The fourth-order valence-electron chi connectivity index (χ4n) is 3.42. The van der Waals surface area contributed by atoms with Crippen LogP contribution in [0.15, 0.2) is 48.5 Å². The lowest BCUT2D eigenvalue weighted by Crippen LogP contribution is -2.40. The molecule has 2 aromatic carbocycles. The van der Waals surface area contributed by atoms with Crippen molar-refractivity contribution in [3.05, 3.63) is 65.2 Å². The maximum absolute atomic E-state index is 13.0. The zero-order chi connectivity index (χ0) is 20.1. The number of carbonyl (C=O) groups excluding carboxylic acids is 2. The van der Waals surface area contributed by atoms with Crippen LogP contribution < -0.4 is 4.74 Å². The molecule has 0 radical (unpaired) electrons. The highest BCUT2D eigenvalue weighted by Crippen LogP contribution is 2.33. The average Bonchev–Trinajstić information content (AvgIpc) is 3.04. The smallest absolute Gasteiger partial charge is 0.266 e. The van der Waals surface area contributed by atoms with Gasteiger partial charge in [-0.25, -0.2) is 0 Å². The first kappa shape index (κ1) is 20.2. The maximum atomic E-state index is 13.0. The van der Waals surface area contributed by atoms with Crippen LogP contribution in [-0.2, 0) is 4.74 Å². The Labute approximate surface area is 166 Å². The lowest BCUT2D eigenvalue weighted by molar-refractivity contribution is -0.134. The molecule has 0 amide bonds. The third kappa shape index (κ3) is 4.16. The molecule has 0 fully saturated rings. The van der Waals surface area contributed by atoms with E-state index in [4.69, 9.17) is 9.47 Å². The van der Waals surface area contributed by atoms with Crippen LogP contribution in [0.4, 0.5) is 0 Å². The summed E-state index contributed by atoms with van der Waals surface area (Å²) >= 11 is 0. The summed E-state index contributed by atoms with van der Waals surface area (Å²) in [7, 11) is 0. The van der Waals surface area contributed by atoms with Gasteiger partial charge in [0.15, 0.2) is 5.78 Å². The normalized spacial score (nSPS) is 16.7. The van der Waals surface area contributed by atoms with Crippen molar-refractivity contribution in [1.82, 2.24) is 4.90 Å². The Morgan fingerprint density at radius 3 is 2.57 bits per heavy atom. The van der Waals surface area contributed by atoms with Gasteiger partial charge in [0.1, 0.15) is 12.0 Å². The number of fused-ring (bicyclic) bond motifs is 1. The van der Waals surface area contributed by atoms with Crippen molar-refractivity contribution in [2.75, 3.05) is 13.1 Å². The fraction of sp³-hybridized carbons (Fsp3) is 0.391. The largest absolute Gasteiger partial charge is 0.456 e. The minimum absolute atomic E-state index is 0.193. The molecule has 2 unspecified atom stereocenters. The van der Waals surface area contributed by atoms with Crippen LogP contribution in [0.3, 0.4) is 0 Å². The van der Waals surface area contributed by atoms with E-state index in [-0.39, 0.29) is 17.8 Å². The molecule has 0 saturated carbocycles. The molecule has 2 aromatic rings. The zero-order valence-corrected chi connectivity index (χ0v) is 16.7. The lowest BCUT2D eigenvalue weighted by atomic mass is 9.96. The van der Waals surface area contributed by atoms with Crippen LogP contribution >= 0.6 is 0 Å². The molecular weight excluding hydrogens is 354 g/mol. The van der Waals surface area contributed by atoms with Crippen molar-refractivity contribution < 1.29 is 19.1 Å². The molecule has 1 aliphatic heterocycles. The van der Waals surface area contributed by atoms with Crippen molar-refractivity contribution in [1.29, 1.82) is 0 Å². The van der Waals surface area contributed by atoms with Gasteiger partial charge >= 0.3 is 0 Å². The summed E-state index contributed by atoms with van der Waals surface area (Å²) in [6.45, 7) is 7.87. The Hall–Kier alpha value is -2.50. The molecule has 1 heterocycles. The Bertz CT molecular complexity index is 834. The van der Waals surface area contributed by atoms with E-state index in [1.54, 1.807) is 42.5 Å². The van der Waals surface area contributed by atoms with E-state index in [0.717, 1.165) is 25.9 Å². The van der Waals surface area contributed by atoms with Crippen molar-refractivity contribution in [2.24, 2.45) is 0 Å². The van der Waals surface area contributed by atoms with Gasteiger partial charge in [0, 0.05) is 17.7 Å². The van der Waals surface area contributed by atoms with Crippen molar-refractivity contribution in [2.45, 2.75) is 46.1 Å². The summed E-state index contributed by atoms with van der Waals surface area (Å²) in [5.74, 6) is -0.0879. The summed E-state index contributed by atoms with van der Waals surface area (Å²) in [6, 6.07) is 14.0. The lowest BCUT2D eigenvalue weighted by Gasteiger charge is -2.29. The van der Waals surface area contributed by atoms with Gasteiger partial charge in [0.05, 0.1) is 5.56 Å². The third-order valence-electron chi connectivity index (χ3n) is 5.04. The summed E-state index contributed by atoms with van der Waals surface area (Å²) in [5, 5.41) is 0. The molecule has 0 N–H and O–H groups in total. The van der Waals surface area contributed by atoms with Gasteiger partial charge in [-0.1, -0.05) is 62.7 Å². The van der Waals surface area contributed by atoms with Gasteiger partial charge in [-0.2, -0.15) is 0 Å². The highest BCUT2D eigenvalue weighted by Gasteiger charge is 2.38. The number of Topliss-reactive ketones (excluding diaryl/α,β-unsaturated/α-hetero) is 1. The SMILES string of the molecule is CCCCN(CC)C(C)OC1Oc2cccc(C(=O)c3ccccc3)c2C1=O. The minimum atomic E-state index is -1.02. The van der Waals surface area contributed by atoms with Crippen molar-refractivity contribution in [3.63, 3.8) is 0 Å². The quantitative estimate of drug-likeness (QED) is 0.479. The van der Waals surface area contributed by atoms with Gasteiger partial charge in [-0.3, -0.25) is 14.5 Å². The molecule has 3 rings (SSSR count). The molecule has 148 valence electrons. The molecule has 2 atom stereocenters. The van der Waals surface area contributed by atoms with E-state index >= 15 is 0 Å². The number of ketones is 2. The molecule has 5 heteroatoms. The molecule has 0 bridgehead atoms. The number of hydrogen-bond acceptors (Lipinski definition) is 5. The van der Waals surface area contributed by atoms with Gasteiger partial charge in [0.2, 0.25) is 5.78 Å². The summed E-state index contributed by atoms with van der Waals surface area (Å²) < 4.78 is 11.7. The van der Waals surface area contributed by atoms with E-state index < -0.39 is 6.29 Å². The molecule has 28 heavy (non-hydrogen) atoms. The molecule has 0 aromatic heterocycles. The molecular formula is C23H27NO4. The highest BCUT2D eigenvalue weighted by molar-refractivity contribution is 6.18. The molecule has 1 aliphatic rings. The van der Waals surface area contributed by atoms with Crippen LogP contribution in [0, 0.1) is 0 Å². The Morgan fingerprint density at radius 1 is 1.14 bits per heavy atom. The van der Waals surface area contributed by atoms with Crippen LogP contribution in [-0.4, -0.2) is 42.1 Å². The van der Waals surface area contributed by atoms with E-state index in [0.29, 0.717) is 22.4 Å². The summed E-state index contributed by atoms with van der Waals surface area (Å²) in [5.41, 5.74) is 1.20. The number of hydrogen-bond donors (Lipinski definition) is 0. The van der Waals surface area contributed by atoms with E-state index in [1.165, 1.54) is 0 Å². The second-order valence-electron chi connectivity index (χ2n) is 6.91. The van der Waals surface area contributed by atoms with Gasteiger partial charge in [-0.05, 0) is 26.0 Å². The van der Waals surface area contributed by atoms with Gasteiger partial charge < -0.3 is 9.47 Å². The number of unbranched alkanes of at least 4 members (excludes halogenated alkanes) is 1. The Kier molecular flexibility index (Phi) is 6.60. The molecule has 5 nitrogen and oxygen atoms in total. The predicted molar refractivity (Wildman–Crippen MR) is 108 cm³/mol. The highest BCUT2D eigenvalue weighted by atomic mass is 16.7. The summed E-state index contributed by atoms with van der Waals surface area (Å²) in [6.07, 6.45) is 0.883. The number of rotatable bonds is 9. The van der Waals surface area contributed by atoms with E-state index in [2.05, 4.69) is 18.7 Å². The maximum Gasteiger partial charge on any atom is 0.266 e. The monoisotopic (exact) mass is 381 g/mol. The zero-order valence-electron chi connectivity index (χ0n) is 16.7. The van der Waals surface area contributed by atoms with Crippen LogP contribution in [0.5, 0.6) is 5.75 Å². The Morgan fingerprint density at radius 2 is 1.89 bits per heavy atom. The van der Waals surface area contributed by atoms with E-state index in [9.17, 15) is 9.59 Å². The van der Waals surface area contributed by atoms with Crippen molar-refractivity contribution >= 4 is 11.6 Å². The topological polar surface area (TPSA) is 55.8 Å². The molecule has 0 spiro atoms. The first-order valence-corrected chi connectivity index (χ1v) is 9.90. The summed E-state index contributed by atoms with van der Waals surface area (Å²) in [4.78, 5) is 28.1. The number of nitrogens with zero attached hydrogens (tertiary/aromatic N) is 1. The second kappa shape index (κ2) is 9.13. The molecule has 0 aliphatic carbocycles. The third-order valence-corrected chi connectivity index (χ3v) is 5.04. The van der Waals surface area contributed by atoms with Crippen LogP contribution in [0.2, 0.25) is 0 Å². The molecule has 0 saturated heterocycles. The standard InChI is InChI=1S/C23H27NO4/c1-4-6-15-24(5-2)16(3)27-23-22(26)20-18(13-10-14-19(20)28-23)21(25)17-11-8-7-9-12-17/h7-14,16,23H,4-6,15H2,1-3H3. The Balaban J connectivity index is 1.79. The first-order valence-electron chi connectivity index (χ1n) is 9.90. The van der Waals surface area contributed by atoms with Crippen LogP contribution in [0.25, 0.3) is 0 Å². The second-order valence-corrected chi connectivity index (χ2v) is 6.91. The fourth-order valence-corrected chi connectivity index (χ4v) is 3.42. The number of carbonyl (C=O) groups is 2. The average molecular weight is 381 g/mol. The minimum Gasteiger partial charge on any atom is -0.456 e. The van der Waals surface area contributed by atoms with E-state index in [1.807, 2.05) is 13.0 Å². The number of benzene rings is 2. The van der Waals surface area contributed by atoms with Crippen LogP contribution in [0.1, 0.15) is 59.9 Å². The first-order chi connectivity index (χ1) is 13.6. The van der Waals surface area contributed by atoms with Gasteiger partial charge in [-0.15, -0.1) is 0 Å². The number of ether oxygens (including phenoxy) is 2.